The Morgan fingerprint density at radius 1 is 1.33 bits per heavy atom. The fourth-order valence-electron chi connectivity index (χ4n) is 2.92. The molecule has 0 atom stereocenters. The highest BCUT2D eigenvalue weighted by Crippen LogP contribution is 2.28. The summed E-state index contributed by atoms with van der Waals surface area (Å²) in [4.78, 5) is 12.1. The quantitative estimate of drug-likeness (QED) is 0.771. The van der Waals surface area contributed by atoms with Crippen LogP contribution >= 0.6 is 11.6 Å². The van der Waals surface area contributed by atoms with Crippen LogP contribution in [0.5, 0.6) is 5.75 Å². The van der Waals surface area contributed by atoms with Gasteiger partial charge in [-0.05, 0) is 43.9 Å². The van der Waals surface area contributed by atoms with Gasteiger partial charge in [-0.1, -0.05) is 19.3 Å². The molecule has 0 heterocycles. The molecule has 2 rings (SSSR count). The second-order valence-corrected chi connectivity index (χ2v) is 5.91. The maximum absolute atomic E-state index is 12.1. The van der Waals surface area contributed by atoms with Crippen LogP contribution in [0.2, 0.25) is 0 Å². The van der Waals surface area contributed by atoms with Gasteiger partial charge >= 0.3 is 0 Å². The number of rotatable bonds is 6. The smallest absolute Gasteiger partial charge is 0.224 e. The zero-order valence-electron chi connectivity index (χ0n) is 12.7. The summed E-state index contributed by atoms with van der Waals surface area (Å²) in [6, 6.07) is 5.65. The van der Waals surface area contributed by atoms with Crippen molar-refractivity contribution in [3.63, 3.8) is 0 Å². The van der Waals surface area contributed by atoms with Gasteiger partial charge in [0.15, 0.2) is 0 Å². The van der Waals surface area contributed by atoms with Gasteiger partial charge in [-0.25, -0.2) is 0 Å². The highest BCUT2D eigenvalue weighted by atomic mass is 35.5. The molecule has 21 heavy (non-hydrogen) atoms. The molecule has 1 aromatic rings. The van der Waals surface area contributed by atoms with Gasteiger partial charge in [0.1, 0.15) is 5.75 Å². The second kappa shape index (κ2) is 8.28. The van der Waals surface area contributed by atoms with Crippen molar-refractivity contribution in [3.05, 3.63) is 23.8 Å². The maximum atomic E-state index is 12.1. The third kappa shape index (κ3) is 4.92. The number of benzene rings is 1. The molecule has 116 valence electrons. The number of halogens is 1. The van der Waals surface area contributed by atoms with E-state index in [4.69, 9.17) is 16.3 Å². The first-order valence-corrected chi connectivity index (χ1v) is 8.38. The lowest BCUT2D eigenvalue weighted by molar-refractivity contribution is -0.117. The molecule has 1 N–H and O–H groups in total. The zero-order chi connectivity index (χ0) is 15.1. The normalized spacial score (nSPS) is 15.7. The fourth-order valence-corrected chi connectivity index (χ4v) is 3.13. The van der Waals surface area contributed by atoms with E-state index in [1.807, 2.05) is 25.1 Å². The molecule has 1 amide bonds. The van der Waals surface area contributed by atoms with E-state index in [0.717, 1.165) is 17.0 Å². The molecule has 1 fully saturated rings. The van der Waals surface area contributed by atoms with E-state index in [0.29, 0.717) is 24.8 Å². The standard InChI is InChI=1S/C17H24ClNO2/c1-2-21-16-9-8-15(11-14(16)12-18)19-17(20)10-13-6-4-3-5-7-13/h8-9,11,13H,2-7,10,12H2,1H3,(H,19,20). The number of carbonyl (C=O) groups excluding carboxylic acids is 1. The molecule has 1 aliphatic carbocycles. The van der Waals surface area contributed by atoms with Crippen LogP contribution in [0.3, 0.4) is 0 Å². The Balaban J connectivity index is 1.93. The van der Waals surface area contributed by atoms with E-state index in [1.165, 1.54) is 32.1 Å². The molecule has 0 spiro atoms. The summed E-state index contributed by atoms with van der Waals surface area (Å²) in [6.45, 7) is 2.55. The van der Waals surface area contributed by atoms with Crippen LogP contribution in [-0.2, 0) is 10.7 Å². The first kappa shape index (κ1) is 16.2. The maximum Gasteiger partial charge on any atom is 0.224 e. The van der Waals surface area contributed by atoms with Gasteiger partial charge in [0, 0.05) is 17.7 Å². The summed E-state index contributed by atoms with van der Waals surface area (Å²) in [5, 5.41) is 2.98. The Bertz CT molecular complexity index is 470. The predicted molar refractivity (Wildman–Crippen MR) is 87.0 cm³/mol. The zero-order valence-corrected chi connectivity index (χ0v) is 13.4. The average Bonchev–Trinajstić information content (AvgIpc) is 2.50. The number of hydrogen-bond donors (Lipinski definition) is 1. The average molecular weight is 310 g/mol. The summed E-state index contributed by atoms with van der Waals surface area (Å²) >= 11 is 5.94. The Labute approximate surface area is 132 Å². The van der Waals surface area contributed by atoms with Crippen LogP contribution in [0, 0.1) is 5.92 Å². The summed E-state index contributed by atoms with van der Waals surface area (Å²) in [5.74, 6) is 1.82. The molecule has 0 unspecified atom stereocenters. The minimum atomic E-state index is 0.103. The van der Waals surface area contributed by atoms with Gasteiger partial charge in [0.25, 0.3) is 0 Å². The number of nitrogens with one attached hydrogen (secondary N) is 1. The SMILES string of the molecule is CCOc1ccc(NC(=O)CC2CCCCC2)cc1CCl. The molecule has 3 nitrogen and oxygen atoms in total. The highest BCUT2D eigenvalue weighted by Gasteiger charge is 2.17. The van der Waals surface area contributed by atoms with E-state index >= 15 is 0 Å². The summed E-state index contributed by atoms with van der Waals surface area (Å²) in [7, 11) is 0. The van der Waals surface area contributed by atoms with E-state index < -0.39 is 0 Å². The molecular weight excluding hydrogens is 286 g/mol. The van der Waals surface area contributed by atoms with Crippen LogP contribution in [-0.4, -0.2) is 12.5 Å². The lowest BCUT2D eigenvalue weighted by atomic mass is 9.87. The van der Waals surface area contributed by atoms with Gasteiger partial charge in [-0.15, -0.1) is 11.6 Å². The van der Waals surface area contributed by atoms with Crippen molar-refractivity contribution in [3.8, 4) is 5.75 Å². The predicted octanol–water partition coefficient (Wildman–Crippen LogP) is 4.73. The van der Waals surface area contributed by atoms with Crippen molar-refractivity contribution >= 4 is 23.2 Å². The van der Waals surface area contributed by atoms with Crippen LogP contribution in [0.1, 0.15) is 51.0 Å². The number of amides is 1. The van der Waals surface area contributed by atoms with Gasteiger partial charge in [-0.3, -0.25) is 4.79 Å². The number of carbonyl (C=O) groups is 1. The third-order valence-electron chi connectivity index (χ3n) is 3.99. The topological polar surface area (TPSA) is 38.3 Å². The number of ether oxygens (including phenoxy) is 1. The highest BCUT2D eigenvalue weighted by molar-refractivity contribution is 6.17. The summed E-state index contributed by atoms with van der Waals surface area (Å²) in [6.07, 6.45) is 6.83. The second-order valence-electron chi connectivity index (χ2n) is 5.65. The van der Waals surface area contributed by atoms with E-state index in [1.54, 1.807) is 0 Å². The molecule has 0 aromatic heterocycles. The van der Waals surface area contributed by atoms with Gasteiger partial charge in [0.2, 0.25) is 5.91 Å². The van der Waals surface area contributed by atoms with Crippen LogP contribution in [0.25, 0.3) is 0 Å². The van der Waals surface area contributed by atoms with Crippen LogP contribution in [0.15, 0.2) is 18.2 Å². The minimum absolute atomic E-state index is 0.103. The largest absolute Gasteiger partial charge is 0.494 e. The summed E-state index contributed by atoms with van der Waals surface area (Å²) < 4.78 is 5.51. The number of anilines is 1. The molecule has 1 aliphatic rings. The van der Waals surface area contributed by atoms with Gasteiger partial charge < -0.3 is 10.1 Å². The Morgan fingerprint density at radius 2 is 2.10 bits per heavy atom. The van der Waals surface area contributed by atoms with Crippen molar-refractivity contribution in [1.82, 2.24) is 0 Å². The Morgan fingerprint density at radius 3 is 2.76 bits per heavy atom. The molecule has 1 aromatic carbocycles. The Hall–Kier alpha value is -1.22. The van der Waals surface area contributed by atoms with Gasteiger partial charge in [0.05, 0.1) is 12.5 Å². The molecule has 1 saturated carbocycles. The van der Waals surface area contributed by atoms with Crippen molar-refractivity contribution in [1.29, 1.82) is 0 Å². The molecular formula is C17H24ClNO2. The van der Waals surface area contributed by atoms with Crippen molar-refractivity contribution in [2.75, 3.05) is 11.9 Å². The molecule has 0 aliphatic heterocycles. The van der Waals surface area contributed by atoms with Crippen molar-refractivity contribution < 1.29 is 9.53 Å². The minimum Gasteiger partial charge on any atom is -0.494 e. The number of alkyl halides is 1. The lowest BCUT2D eigenvalue weighted by Crippen LogP contribution is -2.18. The van der Waals surface area contributed by atoms with Crippen molar-refractivity contribution in [2.45, 2.75) is 51.3 Å². The molecule has 0 saturated heterocycles. The molecule has 0 bridgehead atoms. The van der Waals surface area contributed by atoms with E-state index in [2.05, 4.69) is 5.32 Å². The van der Waals surface area contributed by atoms with E-state index in [-0.39, 0.29) is 5.91 Å². The monoisotopic (exact) mass is 309 g/mol. The van der Waals surface area contributed by atoms with Crippen molar-refractivity contribution in [2.24, 2.45) is 5.92 Å². The molecule has 4 heteroatoms. The first-order valence-electron chi connectivity index (χ1n) is 7.84. The summed E-state index contributed by atoms with van der Waals surface area (Å²) in [5.41, 5.74) is 1.71. The number of hydrogen-bond acceptors (Lipinski definition) is 2. The van der Waals surface area contributed by atoms with Crippen LogP contribution in [0.4, 0.5) is 5.69 Å². The Kier molecular flexibility index (Phi) is 6.37. The van der Waals surface area contributed by atoms with Crippen LogP contribution < -0.4 is 10.1 Å². The lowest BCUT2D eigenvalue weighted by Gasteiger charge is -2.21. The first-order chi connectivity index (χ1) is 10.2. The molecule has 0 radical (unpaired) electrons. The van der Waals surface area contributed by atoms with E-state index in [9.17, 15) is 4.79 Å². The fraction of sp³-hybridized carbons (Fsp3) is 0.588. The van der Waals surface area contributed by atoms with Gasteiger partial charge in [-0.2, -0.15) is 0 Å². The third-order valence-corrected chi connectivity index (χ3v) is 4.27.